The smallest absolute Gasteiger partial charge is 0.274 e. The van der Waals surface area contributed by atoms with Crippen molar-refractivity contribution in [2.45, 2.75) is 13.3 Å². The molecule has 0 aliphatic heterocycles. The standard InChI is InChI=1S/C18H21N3O4S/c1-12-14(5-4-6-15(12)21(22)23)20-18(26)19-10-9-13-7-8-16(24-2)17(11-13)25-3/h4-8,11H,9-10H2,1-3H3,(H2,19,20,26). The first-order chi connectivity index (χ1) is 12.5. The average Bonchev–Trinajstić information content (AvgIpc) is 2.63. The van der Waals surface area contributed by atoms with Crippen LogP contribution in [0.2, 0.25) is 0 Å². The minimum atomic E-state index is -0.409. The van der Waals surface area contributed by atoms with Crippen molar-refractivity contribution >= 4 is 28.7 Å². The third-order valence-corrected chi connectivity index (χ3v) is 4.14. The summed E-state index contributed by atoms with van der Waals surface area (Å²) < 4.78 is 10.5. The van der Waals surface area contributed by atoms with Crippen molar-refractivity contribution in [2.24, 2.45) is 0 Å². The molecule has 0 aliphatic carbocycles. The number of methoxy groups -OCH3 is 2. The number of nitrogens with one attached hydrogen (secondary N) is 2. The first-order valence-electron chi connectivity index (χ1n) is 7.96. The van der Waals surface area contributed by atoms with Crippen LogP contribution in [0.1, 0.15) is 11.1 Å². The van der Waals surface area contributed by atoms with Crippen molar-refractivity contribution in [3.8, 4) is 11.5 Å². The summed E-state index contributed by atoms with van der Waals surface area (Å²) in [4.78, 5) is 10.6. The topological polar surface area (TPSA) is 85.7 Å². The van der Waals surface area contributed by atoms with Crippen LogP contribution in [0.5, 0.6) is 11.5 Å². The van der Waals surface area contributed by atoms with E-state index < -0.39 is 4.92 Å². The lowest BCUT2D eigenvalue weighted by molar-refractivity contribution is -0.385. The zero-order valence-corrected chi connectivity index (χ0v) is 15.7. The molecule has 2 rings (SSSR count). The van der Waals surface area contributed by atoms with E-state index in [0.29, 0.717) is 34.4 Å². The van der Waals surface area contributed by atoms with Crippen LogP contribution in [0.4, 0.5) is 11.4 Å². The van der Waals surface area contributed by atoms with Crippen LogP contribution in [0.3, 0.4) is 0 Å². The molecular weight excluding hydrogens is 354 g/mol. The van der Waals surface area contributed by atoms with Gasteiger partial charge >= 0.3 is 0 Å². The molecule has 0 saturated heterocycles. The fourth-order valence-electron chi connectivity index (χ4n) is 2.48. The van der Waals surface area contributed by atoms with Gasteiger partial charge in [-0.2, -0.15) is 0 Å². The van der Waals surface area contributed by atoms with E-state index in [4.69, 9.17) is 21.7 Å². The number of nitro benzene ring substituents is 1. The molecule has 0 amide bonds. The highest BCUT2D eigenvalue weighted by atomic mass is 32.1. The Morgan fingerprint density at radius 2 is 1.92 bits per heavy atom. The summed E-state index contributed by atoms with van der Waals surface area (Å²) in [5.41, 5.74) is 2.29. The Balaban J connectivity index is 1.92. The van der Waals surface area contributed by atoms with Crippen molar-refractivity contribution in [2.75, 3.05) is 26.1 Å². The molecule has 0 aliphatic rings. The van der Waals surface area contributed by atoms with Crippen molar-refractivity contribution in [3.05, 3.63) is 57.6 Å². The molecule has 0 aromatic heterocycles. The highest BCUT2D eigenvalue weighted by Crippen LogP contribution is 2.27. The third-order valence-electron chi connectivity index (χ3n) is 3.90. The molecule has 0 saturated carbocycles. The van der Waals surface area contributed by atoms with Gasteiger partial charge in [-0.3, -0.25) is 10.1 Å². The lowest BCUT2D eigenvalue weighted by atomic mass is 10.1. The van der Waals surface area contributed by atoms with Gasteiger partial charge < -0.3 is 20.1 Å². The number of anilines is 1. The Labute approximate surface area is 157 Å². The molecule has 0 atom stereocenters. The van der Waals surface area contributed by atoms with Crippen LogP contribution in [-0.4, -0.2) is 30.8 Å². The van der Waals surface area contributed by atoms with Crippen LogP contribution >= 0.6 is 12.2 Å². The fourth-order valence-corrected chi connectivity index (χ4v) is 2.69. The Kier molecular flexibility index (Phi) is 6.74. The third kappa shape index (κ3) is 4.82. The SMILES string of the molecule is COc1ccc(CCNC(=S)Nc2cccc([N+](=O)[O-])c2C)cc1OC. The molecule has 0 bridgehead atoms. The maximum absolute atomic E-state index is 11.0. The van der Waals surface area contributed by atoms with Crippen molar-refractivity contribution < 1.29 is 14.4 Å². The predicted molar refractivity (Wildman–Crippen MR) is 105 cm³/mol. The molecule has 0 radical (unpaired) electrons. The predicted octanol–water partition coefficient (Wildman–Crippen LogP) is 3.45. The number of hydrogen-bond acceptors (Lipinski definition) is 5. The summed E-state index contributed by atoms with van der Waals surface area (Å²) in [7, 11) is 3.19. The quantitative estimate of drug-likeness (QED) is 0.435. The van der Waals surface area contributed by atoms with Gasteiger partial charge in [-0.05, 0) is 49.3 Å². The zero-order chi connectivity index (χ0) is 19.1. The second kappa shape index (κ2) is 9.00. The molecule has 7 nitrogen and oxygen atoms in total. The van der Waals surface area contributed by atoms with Crippen LogP contribution in [-0.2, 0) is 6.42 Å². The lowest BCUT2D eigenvalue weighted by Gasteiger charge is -2.13. The van der Waals surface area contributed by atoms with Gasteiger partial charge in [-0.15, -0.1) is 0 Å². The summed E-state index contributed by atoms with van der Waals surface area (Å²) in [6.45, 7) is 2.29. The van der Waals surface area contributed by atoms with Gasteiger partial charge in [-0.25, -0.2) is 0 Å². The summed E-state index contributed by atoms with van der Waals surface area (Å²) in [6, 6.07) is 10.6. The number of benzene rings is 2. The maximum Gasteiger partial charge on any atom is 0.274 e. The number of nitro groups is 1. The zero-order valence-electron chi connectivity index (χ0n) is 14.9. The Hall–Kier alpha value is -2.87. The second-order valence-electron chi connectivity index (χ2n) is 5.53. The molecule has 26 heavy (non-hydrogen) atoms. The van der Waals surface area contributed by atoms with Gasteiger partial charge in [-0.1, -0.05) is 12.1 Å². The summed E-state index contributed by atoms with van der Waals surface area (Å²) in [6.07, 6.45) is 0.732. The van der Waals surface area contributed by atoms with Crippen molar-refractivity contribution in [1.82, 2.24) is 5.32 Å². The molecule has 0 heterocycles. The number of nitrogens with zero attached hydrogens (tertiary/aromatic N) is 1. The van der Waals surface area contributed by atoms with Crippen LogP contribution in [0.15, 0.2) is 36.4 Å². The Morgan fingerprint density at radius 3 is 2.58 bits per heavy atom. The highest BCUT2D eigenvalue weighted by Gasteiger charge is 2.13. The molecule has 0 unspecified atom stereocenters. The maximum atomic E-state index is 11.0. The molecule has 2 N–H and O–H groups in total. The molecule has 0 fully saturated rings. The molecule has 0 spiro atoms. The number of ether oxygens (including phenoxy) is 2. The summed E-state index contributed by atoms with van der Waals surface area (Å²) in [5, 5.41) is 17.5. The Morgan fingerprint density at radius 1 is 1.19 bits per heavy atom. The Bertz CT molecular complexity index is 811. The van der Waals surface area contributed by atoms with Gasteiger partial charge in [0.05, 0.1) is 24.7 Å². The van der Waals surface area contributed by atoms with E-state index in [0.717, 1.165) is 12.0 Å². The van der Waals surface area contributed by atoms with Crippen molar-refractivity contribution in [3.63, 3.8) is 0 Å². The highest BCUT2D eigenvalue weighted by molar-refractivity contribution is 7.80. The first kappa shape index (κ1) is 19.5. The monoisotopic (exact) mass is 375 g/mol. The second-order valence-corrected chi connectivity index (χ2v) is 5.94. The van der Waals surface area contributed by atoms with E-state index in [1.807, 2.05) is 18.2 Å². The molecule has 2 aromatic rings. The molecule has 138 valence electrons. The summed E-state index contributed by atoms with van der Waals surface area (Å²) >= 11 is 5.27. The van der Waals surface area contributed by atoms with Gasteiger partial charge in [0.25, 0.3) is 5.69 Å². The minimum absolute atomic E-state index is 0.0585. The minimum Gasteiger partial charge on any atom is -0.493 e. The summed E-state index contributed by atoms with van der Waals surface area (Å²) in [5.74, 6) is 1.36. The fraction of sp³-hybridized carbons (Fsp3) is 0.278. The molecular formula is C18H21N3O4S. The van der Waals surface area contributed by atoms with Gasteiger partial charge in [0, 0.05) is 18.3 Å². The molecule has 8 heteroatoms. The largest absolute Gasteiger partial charge is 0.493 e. The normalized spacial score (nSPS) is 10.1. The molecule has 2 aromatic carbocycles. The number of rotatable bonds is 7. The van der Waals surface area contributed by atoms with Gasteiger partial charge in [0.15, 0.2) is 16.6 Å². The van der Waals surface area contributed by atoms with Crippen LogP contribution in [0, 0.1) is 17.0 Å². The number of hydrogen-bond donors (Lipinski definition) is 2. The first-order valence-corrected chi connectivity index (χ1v) is 8.37. The van der Waals surface area contributed by atoms with E-state index >= 15 is 0 Å². The van der Waals surface area contributed by atoms with Crippen LogP contribution in [0.25, 0.3) is 0 Å². The van der Waals surface area contributed by atoms with E-state index in [-0.39, 0.29) is 5.69 Å². The van der Waals surface area contributed by atoms with Crippen LogP contribution < -0.4 is 20.1 Å². The van der Waals surface area contributed by atoms with E-state index in [1.54, 1.807) is 33.3 Å². The lowest BCUT2D eigenvalue weighted by Crippen LogP contribution is -2.30. The van der Waals surface area contributed by atoms with E-state index in [1.165, 1.54) is 6.07 Å². The number of thiocarbonyl (C=S) groups is 1. The van der Waals surface area contributed by atoms with Gasteiger partial charge in [0.1, 0.15) is 0 Å². The average molecular weight is 375 g/mol. The van der Waals surface area contributed by atoms with Crippen molar-refractivity contribution in [1.29, 1.82) is 0 Å². The van der Waals surface area contributed by atoms with E-state index in [9.17, 15) is 10.1 Å². The van der Waals surface area contributed by atoms with Gasteiger partial charge in [0.2, 0.25) is 0 Å². The van der Waals surface area contributed by atoms with E-state index in [2.05, 4.69) is 10.6 Å².